The fourth-order valence-corrected chi connectivity index (χ4v) is 3.74. The van der Waals surface area contributed by atoms with Crippen LogP contribution in [0.4, 0.5) is 0 Å². The van der Waals surface area contributed by atoms with E-state index in [1.165, 1.54) is 0 Å². The van der Waals surface area contributed by atoms with Crippen molar-refractivity contribution in [3.8, 4) is 0 Å². The molecule has 0 radical (unpaired) electrons. The molecule has 4 unspecified atom stereocenters. The lowest BCUT2D eigenvalue weighted by Gasteiger charge is -2.32. The molecule has 1 saturated carbocycles. The number of carbonyl (C=O) groups excluding carboxylic acids is 2. The van der Waals surface area contributed by atoms with Crippen LogP contribution < -0.4 is 0 Å². The molecule has 0 spiro atoms. The van der Waals surface area contributed by atoms with E-state index in [0.717, 1.165) is 32.1 Å². The van der Waals surface area contributed by atoms with E-state index in [9.17, 15) is 9.59 Å². The summed E-state index contributed by atoms with van der Waals surface area (Å²) in [6, 6.07) is 0. The molecule has 0 N–H and O–H groups in total. The minimum Gasteiger partial charge on any atom is -0.463 e. The first-order valence-corrected chi connectivity index (χ1v) is 9.18. The maximum atomic E-state index is 12.8. The molecule has 4 atom stereocenters. The summed E-state index contributed by atoms with van der Waals surface area (Å²) >= 11 is 0. The highest BCUT2D eigenvalue weighted by Gasteiger charge is 2.45. The summed E-state index contributed by atoms with van der Waals surface area (Å²) in [5.41, 5.74) is 0. The summed E-state index contributed by atoms with van der Waals surface area (Å²) < 4.78 is 11.0. The molecule has 4 nitrogen and oxygen atoms in total. The molecular weight excluding hydrogens is 292 g/mol. The zero-order valence-corrected chi connectivity index (χ0v) is 15.6. The Morgan fingerprint density at radius 1 is 0.957 bits per heavy atom. The van der Waals surface area contributed by atoms with Crippen molar-refractivity contribution in [1.82, 2.24) is 0 Å². The van der Waals surface area contributed by atoms with E-state index in [4.69, 9.17) is 9.47 Å². The average molecular weight is 326 g/mol. The van der Waals surface area contributed by atoms with Gasteiger partial charge in [0.1, 0.15) is 0 Å². The highest BCUT2D eigenvalue weighted by molar-refractivity contribution is 5.83. The Bertz CT molecular complexity index is 389. The number of hydrogen-bond donors (Lipinski definition) is 0. The first-order chi connectivity index (χ1) is 10.8. The van der Waals surface area contributed by atoms with Crippen LogP contribution in [0.15, 0.2) is 0 Å². The van der Waals surface area contributed by atoms with Crippen LogP contribution in [0.1, 0.15) is 73.6 Å². The second kappa shape index (κ2) is 9.29. The van der Waals surface area contributed by atoms with Gasteiger partial charge in [0.25, 0.3) is 0 Å². The molecule has 0 bridgehead atoms. The number of hydrogen-bond acceptors (Lipinski definition) is 4. The molecule has 0 aromatic rings. The van der Waals surface area contributed by atoms with Crippen LogP contribution in [0.25, 0.3) is 0 Å². The van der Waals surface area contributed by atoms with Crippen molar-refractivity contribution < 1.29 is 19.1 Å². The molecule has 134 valence electrons. The van der Waals surface area contributed by atoms with Crippen molar-refractivity contribution in [3.05, 3.63) is 0 Å². The maximum absolute atomic E-state index is 12.8. The molecule has 0 aromatic heterocycles. The maximum Gasteiger partial charge on any atom is 0.310 e. The van der Waals surface area contributed by atoms with Crippen LogP contribution in [0.3, 0.4) is 0 Å². The van der Waals surface area contributed by atoms with Gasteiger partial charge in [-0.05, 0) is 58.8 Å². The number of ether oxygens (including phenoxy) is 2. The van der Waals surface area contributed by atoms with Crippen LogP contribution in [-0.2, 0) is 19.1 Å². The van der Waals surface area contributed by atoms with E-state index in [1.54, 1.807) is 0 Å². The largest absolute Gasteiger partial charge is 0.463 e. The molecular formula is C19H34O4. The van der Waals surface area contributed by atoms with E-state index >= 15 is 0 Å². The van der Waals surface area contributed by atoms with Gasteiger partial charge in [-0.1, -0.05) is 26.7 Å². The van der Waals surface area contributed by atoms with Gasteiger partial charge in [0.15, 0.2) is 0 Å². The fraction of sp³-hybridized carbons (Fsp3) is 0.895. The molecule has 1 fully saturated rings. The van der Waals surface area contributed by atoms with E-state index < -0.39 is 0 Å². The van der Waals surface area contributed by atoms with Crippen molar-refractivity contribution in [3.63, 3.8) is 0 Å². The number of rotatable bonds is 6. The topological polar surface area (TPSA) is 52.6 Å². The molecule has 4 heteroatoms. The summed E-state index contributed by atoms with van der Waals surface area (Å²) in [7, 11) is 0. The van der Waals surface area contributed by atoms with Crippen molar-refractivity contribution in [2.24, 2.45) is 23.7 Å². The van der Waals surface area contributed by atoms with Gasteiger partial charge in [-0.2, -0.15) is 0 Å². The van der Waals surface area contributed by atoms with Gasteiger partial charge in [-0.15, -0.1) is 0 Å². The third-order valence-corrected chi connectivity index (χ3v) is 4.65. The zero-order chi connectivity index (χ0) is 17.6. The van der Waals surface area contributed by atoms with E-state index in [1.807, 2.05) is 27.7 Å². The van der Waals surface area contributed by atoms with Gasteiger partial charge in [0.05, 0.1) is 24.0 Å². The first kappa shape index (κ1) is 20.0. The molecule has 1 aliphatic rings. The third kappa shape index (κ3) is 5.82. The van der Waals surface area contributed by atoms with E-state index in [0.29, 0.717) is 0 Å². The summed E-state index contributed by atoms with van der Waals surface area (Å²) in [4.78, 5) is 25.5. The van der Waals surface area contributed by atoms with Gasteiger partial charge in [-0.25, -0.2) is 0 Å². The summed E-state index contributed by atoms with van der Waals surface area (Å²) in [6.07, 6.45) is 4.65. The molecule has 1 aliphatic carbocycles. The van der Waals surface area contributed by atoms with Crippen molar-refractivity contribution in [2.45, 2.75) is 85.9 Å². The predicted octanol–water partition coefficient (Wildman–Crippen LogP) is 4.36. The Morgan fingerprint density at radius 3 is 1.96 bits per heavy atom. The zero-order valence-electron chi connectivity index (χ0n) is 15.6. The average Bonchev–Trinajstić information content (AvgIpc) is 2.57. The Labute approximate surface area is 141 Å². The SMILES string of the molecule is CCCC1CCCC(C)C(C(=O)OC(C)C)C1C(=O)OC(C)C. The second-order valence-electron chi connectivity index (χ2n) is 7.48. The van der Waals surface area contributed by atoms with Crippen LogP contribution in [0.5, 0.6) is 0 Å². The number of carbonyl (C=O) groups is 2. The van der Waals surface area contributed by atoms with Gasteiger partial charge in [-0.3, -0.25) is 9.59 Å². The summed E-state index contributed by atoms with van der Waals surface area (Å²) in [6.45, 7) is 11.6. The molecule has 0 aliphatic heterocycles. The number of esters is 2. The first-order valence-electron chi connectivity index (χ1n) is 9.18. The van der Waals surface area contributed by atoms with Crippen LogP contribution in [0.2, 0.25) is 0 Å². The smallest absolute Gasteiger partial charge is 0.310 e. The van der Waals surface area contributed by atoms with Crippen LogP contribution in [0, 0.1) is 23.7 Å². The lowest BCUT2D eigenvalue weighted by Crippen LogP contribution is -2.41. The predicted molar refractivity (Wildman–Crippen MR) is 90.8 cm³/mol. The third-order valence-electron chi connectivity index (χ3n) is 4.65. The van der Waals surface area contributed by atoms with Gasteiger partial charge in [0.2, 0.25) is 0 Å². The monoisotopic (exact) mass is 326 g/mol. The standard InChI is InChI=1S/C19H34O4/c1-7-9-15-11-8-10-14(6)16(18(20)22-12(2)3)17(15)19(21)23-13(4)5/h12-17H,7-11H2,1-6H3. The summed E-state index contributed by atoms with van der Waals surface area (Å²) in [5.74, 6) is -0.864. The van der Waals surface area contributed by atoms with E-state index in [-0.39, 0.29) is 47.8 Å². The lowest BCUT2D eigenvalue weighted by atomic mass is 9.75. The molecule has 0 aromatic carbocycles. The molecule has 0 saturated heterocycles. The molecule has 1 rings (SSSR count). The summed E-state index contributed by atoms with van der Waals surface area (Å²) in [5, 5.41) is 0. The molecule has 0 heterocycles. The van der Waals surface area contributed by atoms with Gasteiger partial charge < -0.3 is 9.47 Å². The quantitative estimate of drug-likeness (QED) is 0.537. The fourth-order valence-electron chi connectivity index (χ4n) is 3.74. The van der Waals surface area contributed by atoms with Crippen molar-refractivity contribution >= 4 is 11.9 Å². The normalized spacial score (nSPS) is 28.5. The van der Waals surface area contributed by atoms with E-state index in [2.05, 4.69) is 13.8 Å². The minimum absolute atomic E-state index is 0.146. The second-order valence-corrected chi connectivity index (χ2v) is 7.48. The van der Waals surface area contributed by atoms with Crippen molar-refractivity contribution in [1.29, 1.82) is 0 Å². The minimum atomic E-state index is -0.386. The lowest BCUT2D eigenvalue weighted by molar-refractivity contribution is -0.169. The van der Waals surface area contributed by atoms with Crippen LogP contribution in [-0.4, -0.2) is 24.1 Å². The Hall–Kier alpha value is -1.06. The molecule has 0 amide bonds. The Kier molecular flexibility index (Phi) is 8.07. The van der Waals surface area contributed by atoms with Crippen LogP contribution >= 0.6 is 0 Å². The molecule has 23 heavy (non-hydrogen) atoms. The van der Waals surface area contributed by atoms with Crippen molar-refractivity contribution in [2.75, 3.05) is 0 Å². The van der Waals surface area contributed by atoms with Gasteiger partial charge >= 0.3 is 11.9 Å². The highest BCUT2D eigenvalue weighted by Crippen LogP contribution is 2.41. The Balaban J connectivity index is 3.12. The van der Waals surface area contributed by atoms with Gasteiger partial charge in [0, 0.05) is 0 Å². The highest BCUT2D eigenvalue weighted by atomic mass is 16.6. The Morgan fingerprint density at radius 2 is 1.48 bits per heavy atom.